The first-order valence-electron chi connectivity index (χ1n) is 6.49. The largest absolute Gasteiger partial charge is 0.356 e. The van der Waals surface area contributed by atoms with E-state index in [2.05, 4.69) is 16.0 Å². The molecule has 0 bridgehead atoms. The summed E-state index contributed by atoms with van der Waals surface area (Å²) in [4.78, 5) is 22.6. The van der Waals surface area contributed by atoms with Crippen molar-refractivity contribution in [1.82, 2.24) is 16.0 Å². The number of rotatable bonds is 7. The molecule has 1 saturated heterocycles. The quantitative estimate of drug-likeness (QED) is 0.594. The van der Waals surface area contributed by atoms with E-state index in [4.69, 9.17) is 0 Å². The first kappa shape index (κ1) is 14.0. The standard InChI is InChI=1S/C12H23N3O2/c1-2-13-11(16)6-3-7-12(17)15-9-10-5-4-8-14-10/h10,14H,2-9H2,1H3,(H,13,16)(H,15,17). The third-order valence-electron chi connectivity index (χ3n) is 2.89. The van der Waals surface area contributed by atoms with Crippen molar-refractivity contribution >= 4 is 11.8 Å². The van der Waals surface area contributed by atoms with Crippen LogP contribution in [0.15, 0.2) is 0 Å². The first-order valence-corrected chi connectivity index (χ1v) is 6.49. The molecule has 2 amide bonds. The lowest BCUT2D eigenvalue weighted by atomic mass is 10.2. The van der Waals surface area contributed by atoms with Gasteiger partial charge in [-0.15, -0.1) is 0 Å². The Kier molecular flexibility index (Phi) is 6.62. The van der Waals surface area contributed by atoms with Crippen LogP contribution in [0.3, 0.4) is 0 Å². The molecule has 1 aliphatic rings. The molecule has 5 heteroatoms. The number of hydrogen-bond acceptors (Lipinski definition) is 3. The zero-order chi connectivity index (χ0) is 12.5. The first-order chi connectivity index (χ1) is 8.22. The van der Waals surface area contributed by atoms with E-state index in [1.165, 1.54) is 6.42 Å². The summed E-state index contributed by atoms with van der Waals surface area (Å²) in [5.41, 5.74) is 0. The Morgan fingerprint density at radius 3 is 2.53 bits per heavy atom. The molecule has 5 nitrogen and oxygen atoms in total. The van der Waals surface area contributed by atoms with E-state index in [1.54, 1.807) is 0 Å². The Morgan fingerprint density at radius 2 is 1.94 bits per heavy atom. The average Bonchev–Trinajstić information content (AvgIpc) is 2.79. The molecule has 98 valence electrons. The van der Waals surface area contributed by atoms with Crippen LogP contribution in [0.4, 0.5) is 0 Å². The van der Waals surface area contributed by atoms with Crippen LogP contribution in [-0.4, -0.2) is 37.5 Å². The summed E-state index contributed by atoms with van der Waals surface area (Å²) in [5, 5.41) is 8.94. The van der Waals surface area contributed by atoms with Crippen LogP contribution >= 0.6 is 0 Å². The molecule has 0 spiro atoms. The number of carbonyl (C=O) groups excluding carboxylic acids is 2. The molecule has 1 heterocycles. The van der Waals surface area contributed by atoms with Crippen molar-refractivity contribution in [2.45, 2.75) is 45.1 Å². The van der Waals surface area contributed by atoms with Crippen molar-refractivity contribution in [3.05, 3.63) is 0 Å². The van der Waals surface area contributed by atoms with E-state index in [0.29, 0.717) is 38.4 Å². The maximum absolute atomic E-state index is 11.5. The fourth-order valence-corrected chi connectivity index (χ4v) is 1.95. The van der Waals surface area contributed by atoms with Gasteiger partial charge in [-0.05, 0) is 32.7 Å². The normalized spacial score (nSPS) is 19.0. The molecule has 1 fully saturated rings. The summed E-state index contributed by atoms with van der Waals surface area (Å²) in [6, 6.07) is 0.433. The second kappa shape index (κ2) is 8.06. The molecule has 1 unspecified atom stereocenters. The van der Waals surface area contributed by atoms with Gasteiger partial charge in [0.1, 0.15) is 0 Å². The molecule has 0 aromatic rings. The van der Waals surface area contributed by atoms with Crippen LogP contribution < -0.4 is 16.0 Å². The number of amides is 2. The summed E-state index contributed by atoms with van der Waals surface area (Å²) >= 11 is 0. The molecule has 1 atom stereocenters. The fraction of sp³-hybridized carbons (Fsp3) is 0.833. The van der Waals surface area contributed by atoms with Gasteiger partial charge in [0.05, 0.1) is 0 Å². The van der Waals surface area contributed by atoms with E-state index < -0.39 is 0 Å². The van der Waals surface area contributed by atoms with E-state index in [9.17, 15) is 9.59 Å². The van der Waals surface area contributed by atoms with Gasteiger partial charge in [0, 0.05) is 32.0 Å². The fourth-order valence-electron chi connectivity index (χ4n) is 1.95. The average molecular weight is 241 g/mol. The van der Waals surface area contributed by atoms with Crippen molar-refractivity contribution in [2.24, 2.45) is 0 Å². The molecule has 1 rings (SSSR count). The summed E-state index contributed by atoms with van der Waals surface area (Å²) < 4.78 is 0. The third kappa shape index (κ3) is 6.26. The Labute approximate surface area is 103 Å². The molecule has 3 N–H and O–H groups in total. The summed E-state index contributed by atoms with van der Waals surface area (Å²) in [6.07, 6.45) is 3.82. The lowest BCUT2D eigenvalue weighted by Crippen LogP contribution is -2.37. The minimum Gasteiger partial charge on any atom is -0.356 e. The van der Waals surface area contributed by atoms with Crippen molar-refractivity contribution in [1.29, 1.82) is 0 Å². The highest BCUT2D eigenvalue weighted by atomic mass is 16.2. The Hall–Kier alpha value is -1.10. The highest BCUT2D eigenvalue weighted by Gasteiger charge is 2.14. The van der Waals surface area contributed by atoms with Gasteiger partial charge < -0.3 is 16.0 Å². The summed E-state index contributed by atoms with van der Waals surface area (Å²) in [5.74, 6) is 0.0701. The SMILES string of the molecule is CCNC(=O)CCCC(=O)NCC1CCCN1. The topological polar surface area (TPSA) is 70.2 Å². The predicted octanol–water partition coefficient (Wildman–Crippen LogP) is 0.161. The zero-order valence-electron chi connectivity index (χ0n) is 10.6. The maximum atomic E-state index is 11.5. The van der Waals surface area contributed by atoms with E-state index in [1.807, 2.05) is 6.92 Å². The number of carbonyl (C=O) groups is 2. The van der Waals surface area contributed by atoms with Gasteiger partial charge in [0.15, 0.2) is 0 Å². The molecule has 1 aliphatic heterocycles. The monoisotopic (exact) mass is 241 g/mol. The highest BCUT2D eigenvalue weighted by molar-refractivity contribution is 5.78. The molecular formula is C12H23N3O2. The van der Waals surface area contributed by atoms with Crippen molar-refractivity contribution in [3.63, 3.8) is 0 Å². The summed E-state index contributed by atoms with van der Waals surface area (Å²) in [6.45, 7) is 4.30. The van der Waals surface area contributed by atoms with Gasteiger partial charge >= 0.3 is 0 Å². The lowest BCUT2D eigenvalue weighted by Gasteiger charge is -2.11. The van der Waals surface area contributed by atoms with Crippen LogP contribution in [0.1, 0.15) is 39.0 Å². The number of hydrogen-bond donors (Lipinski definition) is 3. The lowest BCUT2D eigenvalue weighted by molar-refractivity contribution is -0.122. The predicted molar refractivity (Wildman–Crippen MR) is 66.6 cm³/mol. The molecular weight excluding hydrogens is 218 g/mol. The van der Waals surface area contributed by atoms with Crippen LogP contribution in [0.5, 0.6) is 0 Å². The van der Waals surface area contributed by atoms with Gasteiger partial charge in [-0.25, -0.2) is 0 Å². The van der Waals surface area contributed by atoms with Crippen molar-refractivity contribution < 1.29 is 9.59 Å². The van der Waals surface area contributed by atoms with Crippen LogP contribution in [0, 0.1) is 0 Å². The molecule has 0 aromatic carbocycles. The maximum Gasteiger partial charge on any atom is 0.220 e. The van der Waals surface area contributed by atoms with Crippen molar-refractivity contribution in [3.8, 4) is 0 Å². The van der Waals surface area contributed by atoms with E-state index in [-0.39, 0.29) is 11.8 Å². The highest BCUT2D eigenvalue weighted by Crippen LogP contribution is 2.03. The van der Waals surface area contributed by atoms with Crippen LogP contribution in [0.25, 0.3) is 0 Å². The van der Waals surface area contributed by atoms with Gasteiger partial charge in [-0.1, -0.05) is 0 Å². The van der Waals surface area contributed by atoms with Crippen molar-refractivity contribution in [2.75, 3.05) is 19.6 Å². The zero-order valence-corrected chi connectivity index (χ0v) is 10.6. The second-order valence-electron chi connectivity index (χ2n) is 4.40. The Morgan fingerprint density at radius 1 is 1.24 bits per heavy atom. The smallest absolute Gasteiger partial charge is 0.220 e. The van der Waals surface area contributed by atoms with Crippen LogP contribution in [0.2, 0.25) is 0 Å². The molecule has 17 heavy (non-hydrogen) atoms. The van der Waals surface area contributed by atoms with Gasteiger partial charge in [-0.3, -0.25) is 9.59 Å². The third-order valence-corrected chi connectivity index (χ3v) is 2.89. The Balaban J connectivity index is 1.98. The molecule has 0 aromatic heterocycles. The van der Waals surface area contributed by atoms with E-state index >= 15 is 0 Å². The minimum atomic E-state index is 0.0257. The minimum absolute atomic E-state index is 0.0257. The molecule has 0 saturated carbocycles. The Bertz CT molecular complexity index is 250. The van der Waals surface area contributed by atoms with Gasteiger partial charge in [0.25, 0.3) is 0 Å². The van der Waals surface area contributed by atoms with Gasteiger partial charge in [-0.2, -0.15) is 0 Å². The molecule has 0 aliphatic carbocycles. The number of nitrogens with one attached hydrogen (secondary N) is 3. The van der Waals surface area contributed by atoms with Gasteiger partial charge in [0.2, 0.25) is 11.8 Å². The molecule has 0 radical (unpaired) electrons. The van der Waals surface area contributed by atoms with Crippen LogP contribution in [-0.2, 0) is 9.59 Å². The summed E-state index contributed by atoms with van der Waals surface area (Å²) in [7, 11) is 0. The van der Waals surface area contributed by atoms with E-state index in [0.717, 1.165) is 13.0 Å². The second-order valence-corrected chi connectivity index (χ2v) is 4.40.